The molecule has 0 saturated carbocycles. The highest BCUT2D eigenvalue weighted by Gasteiger charge is 2.43. The zero-order valence-electron chi connectivity index (χ0n) is 18.9. The largest absolute Gasteiger partial charge is 0.271 e. The number of carbonyl (C=O) groups excluding carboxylic acids is 1. The highest BCUT2D eigenvalue weighted by Crippen LogP contribution is 2.25. The third kappa shape index (κ3) is 5.51. The van der Waals surface area contributed by atoms with E-state index < -0.39 is 44.4 Å². The number of sulfonamides is 2. The fourth-order valence-electron chi connectivity index (χ4n) is 3.72. The molecule has 188 valence electrons. The second-order valence-electron chi connectivity index (χ2n) is 7.91. The predicted octanol–water partition coefficient (Wildman–Crippen LogP) is 2.04. The number of amides is 1. The molecule has 1 atom stereocenters. The number of hydrogen-bond acceptors (Lipinski definition) is 6. The van der Waals surface area contributed by atoms with Crippen molar-refractivity contribution in [2.45, 2.75) is 15.8 Å². The van der Waals surface area contributed by atoms with Gasteiger partial charge in [-0.25, -0.2) is 26.7 Å². The first-order valence-corrected chi connectivity index (χ1v) is 13.8. The van der Waals surface area contributed by atoms with Crippen LogP contribution in [0.4, 0.5) is 4.39 Å². The quantitative estimate of drug-likeness (QED) is 0.371. The van der Waals surface area contributed by atoms with Crippen molar-refractivity contribution < 1.29 is 26.0 Å². The lowest BCUT2D eigenvalue weighted by Crippen LogP contribution is -2.60. The maximum atomic E-state index is 13.4. The minimum absolute atomic E-state index is 0.0167. The number of rotatable bonds is 7. The topological polar surface area (TPSA) is 116 Å². The second kappa shape index (κ2) is 10.7. The fourth-order valence-corrected chi connectivity index (χ4v) is 6.77. The second-order valence-corrected chi connectivity index (χ2v) is 11.7. The molecule has 1 aliphatic heterocycles. The van der Waals surface area contributed by atoms with Gasteiger partial charge >= 0.3 is 0 Å². The minimum Gasteiger partial charge on any atom is -0.271 e. The van der Waals surface area contributed by atoms with E-state index in [0.29, 0.717) is 5.56 Å². The monoisotopic (exact) mass is 530 g/mol. The molecule has 36 heavy (non-hydrogen) atoms. The first-order chi connectivity index (χ1) is 17.2. The molecular weight excluding hydrogens is 507 g/mol. The lowest BCUT2D eigenvalue weighted by Gasteiger charge is -2.38. The van der Waals surface area contributed by atoms with Crippen molar-refractivity contribution in [2.24, 2.45) is 5.10 Å². The van der Waals surface area contributed by atoms with E-state index in [0.717, 1.165) is 8.61 Å². The van der Waals surface area contributed by atoms with Gasteiger partial charge in [-0.3, -0.25) is 4.79 Å². The van der Waals surface area contributed by atoms with Gasteiger partial charge in [0, 0.05) is 19.6 Å². The van der Waals surface area contributed by atoms with Crippen molar-refractivity contribution in [3.05, 3.63) is 96.3 Å². The first-order valence-electron chi connectivity index (χ1n) is 10.9. The smallest absolute Gasteiger partial charge is 0.259 e. The van der Waals surface area contributed by atoms with Gasteiger partial charge in [0.2, 0.25) is 20.0 Å². The Morgan fingerprint density at radius 2 is 1.39 bits per heavy atom. The van der Waals surface area contributed by atoms with Crippen molar-refractivity contribution in [3.63, 3.8) is 0 Å². The third-order valence-corrected chi connectivity index (χ3v) is 9.39. The molecule has 0 aromatic heterocycles. The maximum absolute atomic E-state index is 13.4. The normalized spacial score (nSPS) is 17.8. The molecular formula is C24H23FN4O5S2. The summed E-state index contributed by atoms with van der Waals surface area (Å²) in [5.74, 6) is -1.24. The summed E-state index contributed by atoms with van der Waals surface area (Å²) in [4.78, 5) is 13.2. The summed E-state index contributed by atoms with van der Waals surface area (Å²) in [6.07, 6.45) is 1.27. The number of carbonyl (C=O) groups is 1. The molecule has 1 amide bonds. The Morgan fingerprint density at radius 1 is 0.833 bits per heavy atom. The van der Waals surface area contributed by atoms with Crippen molar-refractivity contribution in [1.29, 1.82) is 0 Å². The molecule has 0 spiro atoms. The summed E-state index contributed by atoms with van der Waals surface area (Å²) in [6.45, 7) is -0.768. The zero-order chi connectivity index (χ0) is 25.8. The highest BCUT2D eigenvalue weighted by atomic mass is 32.2. The Morgan fingerprint density at radius 3 is 1.97 bits per heavy atom. The van der Waals surface area contributed by atoms with Crippen molar-refractivity contribution in [1.82, 2.24) is 14.0 Å². The summed E-state index contributed by atoms with van der Waals surface area (Å²) in [5, 5.41) is 3.84. The van der Waals surface area contributed by atoms with E-state index in [4.69, 9.17) is 0 Å². The molecule has 1 saturated heterocycles. The molecule has 1 fully saturated rings. The van der Waals surface area contributed by atoms with Crippen LogP contribution in [0.3, 0.4) is 0 Å². The van der Waals surface area contributed by atoms with Crippen LogP contribution in [-0.4, -0.2) is 63.2 Å². The molecule has 0 bridgehead atoms. The van der Waals surface area contributed by atoms with Gasteiger partial charge in [-0.15, -0.1) is 0 Å². The van der Waals surface area contributed by atoms with Crippen LogP contribution in [0, 0.1) is 5.82 Å². The molecule has 1 heterocycles. The third-order valence-electron chi connectivity index (χ3n) is 5.59. The average molecular weight is 531 g/mol. The lowest BCUT2D eigenvalue weighted by atomic mass is 10.2. The molecule has 1 aliphatic rings. The minimum atomic E-state index is -4.11. The van der Waals surface area contributed by atoms with E-state index in [1.807, 2.05) is 0 Å². The van der Waals surface area contributed by atoms with Gasteiger partial charge in [0.05, 0.1) is 16.0 Å². The molecule has 3 aromatic carbocycles. The number of benzene rings is 3. The maximum Gasteiger partial charge on any atom is 0.259 e. The number of halogens is 1. The van der Waals surface area contributed by atoms with E-state index in [1.165, 1.54) is 54.7 Å². The Hall–Kier alpha value is -3.45. The van der Waals surface area contributed by atoms with Gasteiger partial charge in [-0.1, -0.05) is 48.5 Å². The van der Waals surface area contributed by atoms with Crippen LogP contribution >= 0.6 is 0 Å². The fraction of sp³-hybridized carbons (Fsp3) is 0.167. The molecule has 12 heteroatoms. The molecule has 9 nitrogen and oxygen atoms in total. The SMILES string of the molecule is O=C(N/N=C\c1ccc(F)cc1)[C@H]1CN(S(=O)(=O)c2ccccc2)CCN1S(=O)(=O)c1ccccc1. The number of piperazine rings is 1. The predicted molar refractivity (Wildman–Crippen MR) is 131 cm³/mol. The summed E-state index contributed by atoms with van der Waals surface area (Å²) in [7, 11) is -8.09. The highest BCUT2D eigenvalue weighted by molar-refractivity contribution is 7.89. The molecule has 0 unspecified atom stereocenters. The van der Waals surface area contributed by atoms with E-state index in [2.05, 4.69) is 10.5 Å². The van der Waals surface area contributed by atoms with Gasteiger partial charge in [0.15, 0.2) is 0 Å². The van der Waals surface area contributed by atoms with Crippen molar-refractivity contribution in [3.8, 4) is 0 Å². The standard InChI is InChI=1S/C24H23FN4O5S2/c25-20-13-11-19(12-14-20)17-26-27-24(30)23-18-28(35(31,32)21-7-3-1-4-8-21)15-16-29(23)36(33,34)22-9-5-2-6-10-22/h1-14,17,23H,15-16,18H2,(H,27,30)/b26-17-/t23-/m1/s1. The number of hydrogen-bond donors (Lipinski definition) is 1. The molecule has 0 radical (unpaired) electrons. The molecule has 4 rings (SSSR count). The van der Waals surface area contributed by atoms with Crippen molar-refractivity contribution in [2.75, 3.05) is 19.6 Å². The van der Waals surface area contributed by atoms with Gasteiger partial charge in [0.25, 0.3) is 5.91 Å². The number of nitrogens with one attached hydrogen (secondary N) is 1. The number of hydrazone groups is 1. The molecule has 0 aliphatic carbocycles. The summed E-state index contributed by atoms with van der Waals surface area (Å²) >= 11 is 0. The Kier molecular flexibility index (Phi) is 7.59. The van der Waals surface area contributed by atoms with Crippen LogP contribution in [0.15, 0.2) is 99.8 Å². The van der Waals surface area contributed by atoms with Crippen LogP contribution in [0.5, 0.6) is 0 Å². The van der Waals surface area contributed by atoms with E-state index in [9.17, 15) is 26.0 Å². The van der Waals surface area contributed by atoms with Gasteiger partial charge in [-0.2, -0.15) is 13.7 Å². The Bertz CT molecular complexity index is 1450. The zero-order valence-corrected chi connectivity index (χ0v) is 20.6. The lowest BCUT2D eigenvalue weighted by molar-refractivity contribution is -0.125. The first kappa shape index (κ1) is 25.6. The van der Waals surface area contributed by atoms with Crippen molar-refractivity contribution >= 4 is 32.2 Å². The van der Waals surface area contributed by atoms with Crippen LogP contribution in [0.25, 0.3) is 0 Å². The van der Waals surface area contributed by atoms with Crippen LogP contribution in [0.2, 0.25) is 0 Å². The van der Waals surface area contributed by atoms with Gasteiger partial charge < -0.3 is 0 Å². The van der Waals surface area contributed by atoms with Gasteiger partial charge in [0.1, 0.15) is 11.9 Å². The Balaban J connectivity index is 1.62. The van der Waals surface area contributed by atoms with Crippen LogP contribution < -0.4 is 5.43 Å². The van der Waals surface area contributed by atoms with Crippen LogP contribution in [0.1, 0.15) is 5.56 Å². The van der Waals surface area contributed by atoms with E-state index >= 15 is 0 Å². The van der Waals surface area contributed by atoms with E-state index in [-0.39, 0.29) is 22.9 Å². The van der Waals surface area contributed by atoms with Crippen LogP contribution in [-0.2, 0) is 24.8 Å². The summed E-state index contributed by atoms with van der Waals surface area (Å²) in [6, 6.07) is 19.3. The van der Waals surface area contributed by atoms with Gasteiger partial charge in [-0.05, 0) is 42.0 Å². The summed E-state index contributed by atoms with van der Waals surface area (Å²) in [5.41, 5.74) is 2.79. The van der Waals surface area contributed by atoms with E-state index in [1.54, 1.807) is 36.4 Å². The Labute approximate surface area is 209 Å². The summed E-state index contributed by atoms with van der Waals surface area (Å²) < 4.78 is 68.2. The molecule has 3 aromatic rings. The number of nitrogens with zero attached hydrogens (tertiary/aromatic N) is 3. The molecule has 1 N–H and O–H groups in total. The average Bonchev–Trinajstić information content (AvgIpc) is 2.90.